The average molecular weight is 280 g/mol. The van der Waals surface area contributed by atoms with E-state index in [1.165, 1.54) is 19.2 Å². The van der Waals surface area contributed by atoms with Gasteiger partial charge < -0.3 is 14.5 Å². The number of nitrogens with zero attached hydrogens (tertiary/aromatic N) is 2. The molecular weight excluding hydrogens is 263 g/mol. The first-order chi connectivity index (χ1) is 9.63. The fourth-order valence-corrected chi connectivity index (χ4v) is 2.18. The Balaban J connectivity index is 1.96. The van der Waals surface area contributed by atoms with Gasteiger partial charge in [-0.2, -0.15) is 0 Å². The minimum atomic E-state index is -0.518. The third-order valence-corrected chi connectivity index (χ3v) is 3.29. The summed E-state index contributed by atoms with van der Waals surface area (Å²) in [6.07, 6.45) is 0. The van der Waals surface area contributed by atoms with Crippen LogP contribution in [0.3, 0.4) is 0 Å². The molecule has 0 aliphatic carbocycles. The molecule has 1 saturated heterocycles. The standard InChI is InChI=1S/C14H17FN2O3/c1-20-10-13(18)16-6-8-17(9-7-16)14(19)11-4-2-3-5-12(11)15/h2-5H,6-10H2,1H3. The van der Waals surface area contributed by atoms with Crippen LogP contribution in [0.25, 0.3) is 0 Å². The molecule has 0 saturated carbocycles. The number of halogens is 1. The second kappa shape index (κ2) is 6.47. The van der Waals surface area contributed by atoms with Gasteiger partial charge in [0.2, 0.25) is 5.91 Å². The highest BCUT2D eigenvalue weighted by Gasteiger charge is 2.25. The van der Waals surface area contributed by atoms with Crippen molar-refractivity contribution in [2.24, 2.45) is 0 Å². The van der Waals surface area contributed by atoms with E-state index in [1.807, 2.05) is 0 Å². The molecule has 5 nitrogen and oxygen atoms in total. The Bertz CT molecular complexity index is 499. The minimum absolute atomic E-state index is 0.0429. The zero-order chi connectivity index (χ0) is 14.5. The molecule has 1 aromatic carbocycles. The number of amides is 2. The molecule has 2 amide bonds. The lowest BCUT2D eigenvalue weighted by molar-refractivity contribution is -0.136. The van der Waals surface area contributed by atoms with Crippen LogP contribution in [0.15, 0.2) is 24.3 Å². The van der Waals surface area contributed by atoms with Crippen molar-refractivity contribution in [2.75, 3.05) is 39.9 Å². The molecule has 0 N–H and O–H groups in total. The van der Waals surface area contributed by atoms with Gasteiger partial charge >= 0.3 is 0 Å². The van der Waals surface area contributed by atoms with Crippen LogP contribution in [0.2, 0.25) is 0 Å². The van der Waals surface area contributed by atoms with E-state index in [0.29, 0.717) is 26.2 Å². The highest BCUT2D eigenvalue weighted by atomic mass is 19.1. The van der Waals surface area contributed by atoms with Gasteiger partial charge in [0.05, 0.1) is 5.56 Å². The summed E-state index contributed by atoms with van der Waals surface area (Å²) >= 11 is 0. The number of carbonyl (C=O) groups is 2. The van der Waals surface area contributed by atoms with Crippen molar-refractivity contribution in [2.45, 2.75) is 0 Å². The second-order valence-corrected chi connectivity index (χ2v) is 4.59. The fraction of sp³-hybridized carbons (Fsp3) is 0.429. The van der Waals surface area contributed by atoms with Crippen LogP contribution in [0.1, 0.15) is 10.4 Å². The molecule has 0 aromatic heterocycles. The molecule has 108 valence electrons. The molecule has 1 heterocycles. The highest BCUT2D eigenvalue weighted by Crippen LogP contribution is 2.12. The summed E-state index contributed by atoms with van der Waals surface area (Å²) in [5.74, 6) is -0.942. The molecule has 6 heteroatoms. The molecule has 1 aromatic rings. The van der Waals surface area contributed by atoms with Crippen molar-refractivity contribution in [3.8, 4) is 0 Å². The highest BCUT2D eigenvalue weighted by molar-refractivity contribution is 5.94. The van der Waals surface area contributed by atoms with Crippen LogP contribution in [0.4, 0.5) is 4.39 Å². The monoisotopic (exact) mass is 280 g/mol. The average Bonchev–Trinajstić information content (AvgIpc) is 2.47. The van der Waals surface area contributed by atoms with Gasteiger partial charge in [0, 0.05) is 33.3 Å². The number of rotatable bonds is 3. The van der Waals surface area contributed by atoms with Crippen molar-refractivity contribution in [1.29, 1.82) is 0 Å². The second-order valence-electron chi connectivity index (χ2n) is 4.59. The number of hydrogen-bond donors (Lipinski definition) is 0. The van der Waals surface area contributed by atoms with E-state index in [1.54, 1.807) is 21.9 Å². The number of piperazine rings is 1. The molecule has 0 bridgehead atoms. The summed E-state index contributed by atoms with van der Waals surface area (Å²) < 4.78 is 18.4. The largest absolute Gasteiger partial charge is 0.375 e. The maximum Gasteiger partial charge on any atom is 0.256 e. The van der Waals surface area contributed by atoms with Gasteiger partial charge in [0.1, 0.15) is 12.4 Å². The van der Waals surface area contributed by atoms with Crippen LogP contribution in [0, 0.1) is 5.82 Å². The quantitative estimate of drug-likeness (QED) is 0.821. The van der Waals surface area contributed by atoms with Gasteiger partial charge in [0.15, 0.2) is 0 Å². The molecule has 0 atom stereocenters. The van der Waals surface area contributed by atoms with Crippen LogP contribution in [0.5, 0.6) is 0 Å². The van der Waals surface area contributed by atoms with Crippen molar-refractivity contribution in [1.82, 2.24) is 9.80 Å². The maximum absolute atomic E-state index is 13.6. The minimum Gasteiger partial charge on any atom is -0.375 e. The Labute approximate surface area is 116 Å². The number of methoxy groups -OCH3 is 1. The van der Waals surface area contributed by atoms with Gasteiger partial charge in [0.25, 0.3) is 5.91 Å². The van der Waals surface area contributed by atoms with Gasteiger partial charge in [-0.3, -0.25) is 9.59 Å². The Hall–Kier alpha value is -1.95. The molecule has 0 spiro atoms. The lowest BCUT2D eigenvalue weighted by Crippen LogP contribution is -2.51. The fourth-order valence-electron chi connectivity index (χ4n) is 2.18. The van der Waals surface area contributed by atoms with Crippen molar-refractivity contribution < 1.29 is 18.7 Å². The van der Waals surface area contributed by atoms with Gasteiger partial charge in [-0.1, -0.05) is 12.1 Å². The predicted molar refractivity (Wildman–Crippen MR) is 70.8 cm³/mol. The van der Waals surface area contributed by atoms with Crippen LogP contribution in [-0.4, -0.2) is 61.5 Å². The molecule has 2 rings (SSSR count). The molecule has 1 fully saturated rings. The number of ether oxygens (including phenoxy) is 1. The van der Waals surface area contributed by atoms with Crippen LogP contribution >= 0.6 is 0 Å². The topological polar surface area (TPSA) is 49.9 Å². The summed E-state index contributed by atoms with van der Waals surface area (Å²) in [6.45, 7) is 1.75. The SMILES string of the molecule is COCC(=O)N1CCN(C(=O)c2ccccc2F)CC1. The third-order valence-electron chi connectivity index (χ3n) is 3.29. The van der Waals surface area contributed by atoms with E-state index in [-0.39, 0.29) is 24.0 Å². The molecule has 1 aliphatic rings. The van der Waals surface area contributed by atoms with E-state index in [9.17, 15) is 14.0 Å². The lowest BCUT2D eigenvalue weighted by atomic mass is 10.1. The van der Waals surface area contributed by atoms with E-state index in [0.717, 1.165) is 0 Å². The molecule has 20 heavy (non-hydrogen) atoms. The van der Waals surface area contributed by atoms with E-state index in [2.05, 4.69) is 0 Å². The summed E-state index contributed by atoms with van der Waals surface area (Å²) in [5.41, 5.74) is 0.0733. The summed E-state index contributed by atoms with van der Waals surface area (Å²) in [5, 5.41) is 0. The van der Waals surface area contributed by atoms with Crippen molar-refractivity contribution >= 4 is 11.8 Å². The van der Waals surface area contributed by atoms with Gasteiger partial charge in [-0.15, -0.1) is 0 Å². The number of hydrogen-bond acceptors (Lipinski definition) is 3. The predicted octanol–water partition coefficient (Wildman–Crippen LogP) is 0.756. The normalized spacial score (nSPS) is 15.3. The first-order valence-electron chi connectivity index (χ1n) is 6.44. The molecule has 1 aliphatic heterocycles. The summed E-state index contributed by atoms with van der Waals surface area (Å²) in [7, 11) is 1.47. The summed E-state index contributed by atoms with van der Waals surface area (Å²) in [6, 6.07) is 5.92. The first-order valence-corrected chi connectivity index (χ1v) is 6.44. The van der Waals surface area contributed by atoms with Crippen LogP contribution in [-0.2, 0) is 9.53 Å². The smallest absolute Gasteiger partial charge is 0.256 e. The molecular formula is C14H17FN2O3. The van der Waals surface area contributed by atoms with Gasteiger partial charge in [-0.05, 0) is 12.1 Å². The van der Waals surface area contributed by atoms with Crippen molar-refractivity contribution in [3.63, 3.8) is 0 Å². The Morgan fingerprint density at radius 2 is 1.75 bits per heavy atom. The van der Waals surface area contributed by atoms with E-state index in [4.69, 9.17) is 4.74 Å². The zero-order valence-electron chi connectivity index (χ0n) is 11.3. The van der Waals surface area contributed by atoms with E-state index < -0.39 is 5.82 Å². The first kappa shape index (κ1) is 14.5. The number of benzene rings is 1. The summed E-state index contributed by atoms with van der Waals surface area (Å²) in [4.78, 5) is 27.0. The lowest BCUT2D eigenvalue weighted by Gasteiger charge is -2.34. The zero-order valence-corrected chi connectivity index (χ0v) is 11.3. The van der Waals surface area contributed by atoms with Crippen LogP contribution < -0.4 is 0 Å². The third kappa shape index (κ3) is 3.14. The number of carbonyl (C=O) groups excluding carboxylic acids is 2. The Morgan fingerprint density at radius 1 is 1.15 bits per heavy atom. The molecule has 0 radical (unpaired) electrons. The molecule has 0 unspecified atom stereocenters. The van der Waals surface area contributed by atoms with Gasteiger partial charge in [-0.25, -0.2) is 4.39 Å². The maximum atomic E-state index is 13.6. The van der Waals surface area contributed by atoms with E-state index >= 15 is 0 Å². The Kier molecular flexibility index (Phi) is 4.68. The van der Waals surface area contributed by atoms with Crippen molar-refractivity contribution in [3.05, 3.63) is 35.6 Å². The Morgan fingerprint density at radius 3 is 2.35 bits per heavy atom.